The fourth-order valence-corrected chi connectivity index (χ4v) is 2.96. The van der Waals surface area contributed by atoms with Crippen LogP contribution < -0.4 is 5.32 Å². The summed E-state index contributed by atoms with van der Waals surface area (Å²) < 4.78 is 16.0. The number of piperidine rings is 1. The number of amides is 2. The van der Waals surface area contributed by atoms with E-state index in [1.807, 2.05) is 13.8 Å². The molecular formula is C19H30N2O5. The molecule has 0 saturated carbocycles. The van der Waals surface area contributed by atoms with E-state index in [1.165, 1.54) is 0 Å². The molecule has 0 aromatic carbocycles. The Kier molecular flexibility index (Phi) is 8.12. The van der Waals surface area contributed by atoms with Crippen molar-refractivity contribution in [3.05, 3.63) is 23.7 Å². The summed E-state index contributed by atoms with van der Waals surface area (Å²) in [5.74, 6) is 0.862. The van der Waals surface area contributed by atoms with E-state index < -0.39 is 0 Å². The van der Waals surface area contributed by atoms with Crippen molar-refractivity contribution in [3.8, 4) is 0 Å². The lowest BCUT2D eigenvalue weighted by Crippen LogP contribution is -2.43. The van der Waals surface area contributed by atoms with Crippen molar-refractivity contribution in [2.45, 2.75) is 45.8 Å². The predicted octanol–water partition coefficient (Wildman–Crippen LogP) is 2.21. The van der Waals surface area contributed by atoms with Gasteiger partial charge < -0.3 is 24.1 Å². The fourth-order valence-electron chi connectivity index (χ4n) is 2.96. The van der Waals surface area contributed by atoms with Gasteiger partial charge in [-0.2, -0.15) is 0 Å². The van der Waals surface area contributed by atoms with Crippen LogP contribution in [0, 0.1) is 5.92 Å². The Hall–Kier alpha value is -1.86. The monoisotopic (exact) mass is 366 g/mol. The third kappa shape index (κ3) is 6.14. The Labute approximate surface area is 155 Å². The number of nitrogens with zero attached hydrogens (tertiary/aromatic N) is 1. The van der Waals surface area contributed by atoms with E-state index in [0.29, 0.717) is 57.2 Å². The summed E-state index contributed by atoms with van der Waals surface area (Å²) in [4.78, 5) is 26.4. The summed E-state index contributed by atoms with van der Waals surface area (Å²) in [6, 6.07) is 3.43. The first-order valence-corrected chi connectivity index (χ1v) is 9.27. The Morgan fingerprint density at radius 2 is 2.04 bits per heavy atom. The molecule has 0 unspecified atom stereocenters. The summed E-state index contributed by atoms with van der Waals surface area (Å²) in [6.07, 6.45) is 2.37. The zero-order valence-electron chi connectivity index (χ0n) is 16.0. The van der Waals surface area contributed by atoms with Crippen molar-refractivity contribution >= 4 is 11.8 Å². The number of carbonyl (C=O) groups is 2. The molecule has 1 N–H and O–H groups in total. The minimum absolute atomic E-state index is 0.0364. The largest absolute Gasteiger partial charge is 0.453 e. The molecule has 1 aromatic heterocycles. The van der Waals surface area contributed by atoms with Gasteiger partial charge in [-0.15, -0.1) is 0 Å². The SMILES string of the molecule is COCc1ccc(C(=O)N2CCC(C(=O)NCCCOC(C)C)CC2)o1. The average molecular weight is 366 g/mol. The quantitative estimate of drug-likeness (QED) is 0.678. The minimum Gasteiger partial charge on any atom is -0.453 e. The van der Waals surface area contributed by atoms with Gasteiger partial charge in [-0.3, -0.25) is 9.59 Å². The standard InChI is InChI=1S/C19H30N2O5/c1-14(2)25-12-4-9-20-18(22)15-7-10-21(11-8-15)19(23)17-6-5-16(26-17)13-24-3/h5-6,14-15H,4,7-13H2,1-3H3,(H,20,22). The molecule has 0 spiro atoms. The zero-order chi connectivity index (χ0) is 18.9. The smallest absolute Gasteiger partial charge is 0.289 e. The molecule has 146 valence electrons. The van der Waals surface area contributed by atoms with E-state index in [1.54, 1.807) is 24.1 Å². The Bertz CT molecular complexity index is 576. The first kappa shape index (κ1) is 20.5. The topological polar surface area (TPSA) is 81.0 Å². The molecule has 0 aliphatic carbocycles. The highest BCUT2D eigenvalue weighted by Gasteiger charge is 2.28. The van der Waals surface area contributed by atoms with Crippen LogP contribution in [0.4, 0.5) is 0 Å². The molecule has 26 heavy (non-hydrogen) atoms. The third-order valence-corrected chi connectivity index (χ3v) is 4.38. The number of nitrogens with one attached hydrogen (secondary N) is 1. The van der Waals surface area contributed by atoms with Crippen LogP contribution in [-0.2, 0) is 20.9 Å². The van der Waals surface area contributed by atoms with Crippen molar-refractivity contribution in [1.29, 1.82) is 0 Å². The molecule has 2 amide bonds. The van der Waals surface area contributed by atoms with Crippen molar-refractivity contribution < 1.29 is 23.5 Å². The number of hydrogen-bond donors (Lipinski definition) is 1. The highest BCUT2D eigenvalue weighted by molar-refractivity contribution is 5.91. The van der Waals surface area contributed by atoms with Gasteiger partial charge in [-0.05, 0) is 45.2 Å². The van der Waals surface area contributed by atoms with Crippen molar-refractivity contribution in [1.82, 2.24) is 10.2 Å². The van der Waals surface area contributed by atoms with E-state index in [2.05, 4.69) is 5.32 Å². The van der Waals surface area contributed by atoms with Gasteiger partial charge in [0.15, 0.2) is 5.76 Å². The molecule has 7 nitrogen and oxygen atoms in total. The number of carbonyl (C=O) groups excluding carboxylic acids is 2. The van der Waals surface area contributed by atoms with Gasteiger partial charge in [0.25, 0.3) is 5.91 Å². The number of furan rings is 1. The number of hydrogen-bond acceptors (Lipinski definition) is 5. The fraction of sp³-hybridized carbons (Fsp3) is 0.684. The number of likely N-dealkylation sites (tertiary alicyclic amines) is 1. The van der Waals surface area contributed by atoms with Gasteiger partial charge >= 0.3 is 0 Å². The molecule has 0 atom stereocenters. The van der Waals surface area contributed by atoms with Gasteiger partial charge in [0.2, 0.25) is 5.91 Å². The second-order valence-corrected chi connectivity index (χ2v) is 6.83. The molecular weight excluding hydrogens is 336 g/mol. The summed E-state index contributed by atoms with van der Waals surface area (Å²) in [5, 5.41) is 2.96. The van der Waals surface area contributed by atoms with Crippen molar-refractivity contribution in [3.63, 3.8) is 0 Å². The van der Waals surface area contributed by atoms with Gasteiger partial charge in [0.05, 0.1) is 6.10 Å². The Morgan fingerprint density at radius 3 is 2.69 bits per heavy atom. The zero-order valence-corrected chi connectivity index (χ0v) is 16.0. The van der Waals surface area contributed by atoms with Crippen molar-refractivity contribution in [2.24, 2.45) is 5.92 Å². The van der Waals surface area contributed by atoms with E-state index in [4.69, 9.17) is 13.9 Å². The molecule has 1 aliphatic heterocycles. The maximum Gasteiger partial charge on any atom is 0.289 e. The Morgan fingerprint density at radius 1 is 1.31 bits per heavy atom. The summed E-state index contributed by atoms with van der Waals surface area (Å²) in [5.41, 5.74) is 0. The normalized spacial score (nSPS) is 15.5. The number of rotatable bonds is 9. The van der Waals surface area contributed by atoms with Gasteiger partial charge in [-0.1, -0.05) is 0 Å². The molecule has 2 heterocycles. The highest BCUT2D eigenvalue weighted by Crippen LogP contribution is 2.20. The van der Waals surface area contributed by atoms with Crippen molar-refractivity contribution in [2.75, 3.05) is 33.4 Å². The van der Waals surface area contributed by atoms with Gasteiger partial charge in [0.1, 0.15) is 12.4 Å². The highest BCUT2D eigenvalue weighted by atomic mass is 16.5. The van der Waals surface area contributed by atoms with Crippen LogP contribution in [-0.4, -0.2) is 56.2 Å². The third-order valence-electron chi connectivity index (χ3n) is 4.38. The molecule has 1 saturated heterocycles. The molecule has 0 bridgehead atoms. The van der Waals surface area contributed by atoms with E-state index in [0.717, 1.165) is 6.42 Å². The average Bonchev–Trinajstić information content (AvgIpc) is 3.09. The summed E-state index contributed by atoms with van der Waals surface area (Å²) >= 11 is 0. The molecule has 1 aliphatic rings. The second-order valence-electron chi connectivity index (χ2n) is 6.83. The lowest BCUT2D eigenvalue weighted by atomic mass is 9.95. The lowest BCUT2D eigenvalue weighted by molar-refractivity contribution is -0.126. The molecule has 1 fully saturated rings. The van der Waals surface area contributed by atoms with Crippen LogP contribution in [0.15, 0.2) is 16.5 Å². The van der Waals surface area contributed by atoms with Crippen LogP contribution in [0.25, 0.3) is 0 Å². The van der Waals surface area contributed by atoms with E-state index >= 15 is 0 Å². The van der Waals surface area contributed by atoms with Gasteiger partial charge in [0, 0.05) is 39.3 Å². The minimum atomic E-state index is -0.128. The van der Waals surface area contributed by atoms with Crippen LogP contribution in [0.3, 0.4) is 0 Å². The first-order chi connectivity index (χ1) is 12.5. The van der Waals surface area contributed by atoms with Crippen LogP contribution in [0.5, 0.6) is 0 Å². The van der Waals surface area contributed by atoms with E-state index in [-0.39, 0.29) is 23.8 Å². The maximum absolute atomic E-state index is 12.5. The number of ether oxygens (including phenoxy) is 2. The molecule has 2 rings (SSSR count). The summed E-state index contributed by atoms with van der Waals surface area (Å²) in [6.45, 7) is 6.74. The van der Waals surface area contributed by atoms with E-state index in [9.17, 15) is 9.59 Å². The van der Waals surface area contributed by atoms with Crippen LogP contribution in [0.1, 0.15) is 49.4 Å². The van der Waals surface area contributed by atoms with Crippen LogP contribution >= 0.6 is 0 Å². The lowest BCUT2D eigenvalue weighted by Gasteiger charge is -2.30. The molecule has 7 heteroatoms. The second kappa shape index (κ2) is 10.3. The maximum atomic E-state index is 12.5. The Balaban J connectivity index is 1.70. The first-order valence-electron chi connectivity index (χ1n) is 9.27. The molecule has 1 aromatic rings. The molecule has 0 radical (unpaired) electrons. The number of methoxy groups -OCH3 is 1. The van der Waals surface area contributed by atoms with Crippen LogP contribution in [0.2, 0.25) is 0 Å². The van der Waals surface area contributed by atoms with Gasteiger partial charge in [-0.25, -0.2) is 0 Å². The summed E-state index contributed by atoms with van der Waals surface area (Å²) in [7, 11) is 1.58. The predicted molar refractivity (Wildman–Crippen MR) is 96.8 cm³/mol.